The van der Waals surface area contributed by atoms with E-state index in [1.54, 1.807) is 6.07 Å². The van der Waals surface area contributed by atoms with Gasteiger partial charge in [0.15, 0.2) is 0 Å². The Morgan fingerprint density at radius 3 is 2.21 bits per heavy atom. The Hall–Kier alpha value is -2.04. The molecule has 1 unspecified atom stereocenters. The normalized spacial score (nSPS) is 12.2. The van der Waals surface area contributed by atoms with Crippen LogP contribution in [0.15, 0.2) is 48.5 Å². The van der Waals surface area contributed by atoms with E-state index in [1.807, 2.05) is 30.3 Å². The van der Waals surface area contributed by atoms with Gasteiger partial charge in [0, 0.05) is 30.0 Å². The predicted molar refractivity (Wildman–Crippen MR) is 123 cm³/mol. The second-order valence-corrected chi connectivity index (χ2v) is 8.04. The Balaban J connectivity index is 0.00000420. The van der Waals surface area contributed by atoms with Crippen LogP contribution in [-0.2, 0) is 11.2 Å². The molecule has 160 valence electrons. The molecule has 2 aromatic carbocycles. The third-order valence-electron chi connectivity index (χ3n) is 5.33. The zero-order valence-corrected chi connectivity index (χ0v) is 18.8. The molecule has 0 bridgehead atoms. The Morgan fingerprint density at radius 1 is 1.03 bits per heavy atom. The average molecular weight is 419 g/mol. The SMILES string of the molecule is CC(C)N(CCC(c1ccccc1)c1cc(CCC(N)=O)ccc1O)C(C)C.Cl. The molecule has 0 aliphatic carbocycles. The summed E-state index contributed by atoms with van der Waals surface area (Å²) in [5, 5.41) is 10.6. The molecule has 0 aliphatic heterocycles. The van der Waals surface area contributed by atoms with Gasteiger partial charge in [-0.2, -0.15) is 0 Å². The van der Waals surface area contributed by atoms with Gasteiger partial charge in [0.2, 0.25) is 5.91 Å². The van der Waals surface area contributed by atoms with Gasteiger partial charge in [0.1, 0.15) is 5.75 Å². The second kappa shape index (κ2) is 11.8. The first-order chi connectivity index (χ1) is 13.3. The fraction of sp³-hybridized carbons (Fsp3) is 0.458. The minimum atomic E-state index is -0.307. The van der Waals surface area contributed by atoms with Crippen LogP contribution in [0.4, 0.5) is 0 Å². The number of halogens is 1. The van der Waals surface area contributed by atoms with E-state index in [1.165, 1.54) is 5.56 Å². The van der Waals surface area contributed by atoms with Gasteiger partial charge >= 0.3 is 0 Å². The number of carbonyl (C=O) groups is 1. The van der Waals surface area contributed by atoms with Crippen LogP contribution in [-0.4, -0.2) is 34.5 Å². The number of aromatic hydroxyl groups is 1. The molecular weight excluding hydrogens is 384 g/mol. The zero-order chi connectivity index (χ0) is 20.7. The lowest BCUT2D eigenvalue weighted by Gasteiger charge is -2.32. The Kier molecular flexibility index (Phi) is 10.2. The van der Waals surface area contributed by atoms with Crippen molar-refractivity contribution >= 4 is 18.3 Å². The molecular formula is C24H35ClN2O2. The molecule has 0 aromatic heterocycles. The van der Waals surface area contributed by atoms with E-state index in [0.29, 0.717) is 30.7 Å². The van der Waals surface area contributed by atoms with E-state index >= 15 is 0 Å². The van der Waals surface area contributed by atoms with Crippen molar-refractivity contribution in [2.45, 2.75) is 65.0 Å². The number of rotatable bonds is 10. The van der Waals surface area contributed by atoms with Gasteiger partial charge in [-0.3, -0.25) is 9.69 Å². The average Bonchev–Trinajstić information content (AvgIpc) is 2.65. The van der Waals surface area contributed by atoms with Crippen LogP contribution in [0.3, 0.4) is 0 Å². The van der Waals surface area contributed by atoms with Crippen molar-refractivity contribution in [2.24, 2.45) is 5.73 Å². The van der Waals surface area contributed by atoms with Gasteiger partial charge in [-0.15, -0.1) is 12.4 Å². The van der Waals surface area contributed by atoms with Crippen molar-refractivity contribution in [1.29, 1.82) is 0 Å². The number of phenols is 1. The van der Waals surface area contributed by atoms with Gasteiger partial charge in [-0.1, -0.05) is 42.5 Å². The number of nitrogens with two attached hydrogens (primary N) is 1. The fourth-order valence-electron chi connectivity index (χ4n) is 3.88. The van der Waals surface area contributed by atoms with Gasteiger partial charge in [-0.25, -0.2) is 0 Å². The molecule has 2 aromatic rings. The van der Waals surface area contributed by atoms with E-state index in [2.05, 4.69) is 44.7 Å². The number of hydrogen-bond acceptors (Lipinski definition) is 3. The molecule has 1 amide bonds. The monoisotopic (exact) mass is 418 g/mol. The minimum absolute atomic E-state index is 0. The van der Waals surface area contributed by atoms with Crippen LogP contribution in [0.2, 0.25) is 0 Å². The van der Waals surface area contributed by atoms with Gasteiger partial charge in [0.25, 0.3) is 0 Å². The highest BCUT2D eigenvalue weighted by Crippen LogP contribution is 2.35. The summed E-state index contributed by atoms with van der Waals surface area (Å²) in [6.07, 6.45) is 1.82. The molecule has 0 saturated heterocycles. The summed E-state index contributed by atoms with van der Waals surface area (Å²) in [5.74, 6) is 0.0887. The van der Waals surface area contributed by atoms with Crippen LogP contribution in [0.1, 0.15) is 63.1 Å². The first-order valence-electron chi connectivity index (χ1n) is 10.2. The van der Waals surface area contributed by atoms with Crippen molar-refractivity contribution in [3.05, 3.63) is 65.2 Å². The molecule has 0 fully saturated rings. The molecule has 0 aliphatic rings. The van der Waals surface area contributed by atoms with Crippen molar-refractivity contribution in [3.63, 3.8) is 0 Å². The molecule has 1 atom stereocenters. The summed E-state index contributed by atoms with van der Waals surface area (Å²) in [7, 11) is 0. The van der Waals surface area contributed by atoms with E-state index < -0.39 is 0 Å². The zero-order valence-electron chi connectivity index (χ0n) is 18.0. The van der Waals surface area contributed by atoms with Crippen molar-refractivity contribution in [1.82, 2.24) is 4.90 Å². The lowest BCUT2D eigenvalue weighted by atomic mass is 9.86. The summed E-state index contributed by atoms with van der Waals surface area (Å²) in [6.45, 7) is 9.83. The quantitative estimate of drug-likeness (QED) is 0.578. The molecule has 0 heterocycles. The highest BCUT2D eigenvalue weighted by atomic mass is 35.5. The summed E-state index contributed by atoms with van der Waals surface area (Å²) < 4.78 is 0. The molecule has 5 heteroatoms. The van der Waals surface area contributed by atoms with E-state index in [0.717, 1.165) is 24.1 Å². The first-order valence-corrected chi connectivity index (χ1v) is 10.2. The van der Waals surface area contributed by atoms with E-state index in [4.69, 9.17) is 5.73 Å². The number of carbonyl (C=O) groups excluding carboxylic acids is 1. The van der Waals surface area contributed by atoms with Gasteiger partial charge in [-0.05, 0) is 64.3 Å². The van der Waals surface area contributed by atoms with Crippen LogP contribution in [0.25, 0.3) is 0 Å². The summed E-state index contributed by atoms with van der Waals surface area (Å²) >= 11 is 0. The van der Waals surface area contributed by atoms with Crippen molar-refractivity contribution < 1.29 is 9.90 Å². The molecule has 0 radical (unpaired) electrons. The number of aryl methyl sites for hydroxylation is 1. The third kappa shape index (κ3) is 7.37. The largest absolute Gasteiger partial charge is 0.508 e. The van der Waals surface area contributed by atoms with E-state index in [-0.39, 0.29) is 24.2 Å². The highest BCUT2D eigenvalue weighted by Gasteiger charge is 2.21. The number of phenolic OH excluding ortho intramolecular Hbond substituents is 1. The fourth-order valence-corrected chi connectivity index (χ4v) is 3.88. The van der Waals surface area contributed by atoms with Crippen LogP contribution in [0.5, 0.6) is 5.75 Å². The number of benzene rings is 2. The number of amides is 1. The van der Waals surface area contributed by atoms with E-state index in [9.17, 15) is 9.90 Å². The maximum absolute atomic E-state index is 11.2. The molecule has 2 rings (SSSR count). The molecule has 3 N–H and O–H groups in total. The van der Waals surface area contributed by atoms with Crippen LogP contribution < -0.4 is 5.73 Å². The van der Waals surface area contributed by atoms with Crippen LogP contribution in [0, 0.1) is 0 Å². The van der Waals surface area contributed by atoms with Crippen LogP contribution >= 0.6 is 12.4 Å². The van der Waals surface area contributed by atoms with Gasteiger partial charge < -0.3 is 10.8 Å². The first kappa shape index (κ1) is 25.0. The predicted octanol–water partition coefficient (Wildman–Crippen LogP) is 4.87. The summed E-state index contributed by atoms with van der Waals surface area (Å²) in [6, 6.07) is 16.9. The Morgan fingerprint density at radius 2 is 1.66 bits per heavy atom. The summed E-state index contributed by atoms with van der Waals surface area (Å²) in [4.78, 5) is 13.6. The number of primary amides is 1. The smallest absolute Gasteiger partial charge is 0.217 e. The lowest BCUT2D eigenvalue weighted by Crippen LogP contribution is -2.38. The molecule has 0 spiro atoms. The lowest BCUT2D eigenvalue weighted by molar-refractivity contribution is -0.117. The topological polar surface area (TPSA) is 66.6 Å². The second-order valence-electron chi connectivity index (χ2n) is 8.04. The summed E-state index contributed by atoms with van der Waals surface area (Å²) in [5.41, 5.74) is 8.44. The van der Waals surface area contributed by atoms with Crippen molar-refractivity contribution in [2.75, 3.05) is 6.54 Å². The van der Waals surface area contributed by atoms with Crippen molar-refractivity contribution in [3.8, 4) is 5.75 Å². The van der Waals surface area contributed by atoms with Gasteiger partial charge in [0.05, 0.1) is 0 Å². The Bertz CT molecular complexity index is 755. The minimum Gasteiger partial charge on any atom is -0.508 e. The molecule has 29 heavy (non-hydrogen) atoms. The maximum atomic E-state index is 11.2. The maximum Gasteiger partial charge on any atom is 0.217 e. The standard InChI is InChI=1S/C24H34N2O2.ClH/c1-17(2)26(18(3)4)15-14-21(20-8-6-5-7-9-20)22-16-19(10-12-23(22)27)11-13-24(25)28;/h5-10,12,16-18,21,27H,11,13-15H2,1-4H3,(H2,25,28);1H. The Labute approximate surface area is 181 Å². The third-order valence-corrected chi connectivity index (χ3v) is 5.33. The highest BCUT2D eigenvalue weighted by molar-refractivity contribution is 5.85. The molecule has 0 saturated carbocycles. The number of nitrogens with zero attached hydrogens (tertiary/aromatic N) is 1. The number of hydrogen-bond donors (Lipinski definition) is 2. The molecule has 4 nitrogen and oxygen atoms in total.